The van der Waals surface area contributed by atoms with Gasteiger partial charge in [0.25, 0.3) is 0 Å². The fourth-order valence-corrected chi connectivity index (χ4v) is 1.87. The molecule has 5 nitrogen and oxygen atoms in total. The van der Waals surface area contributed by atoms with Crippen molar-refractivity contribution in [2.75, 3.05) is 26.9 Å². The minimum Gasteiger partial charge on any atom is -0.486 e. The van der Waals surface area contributed by atoms with Crippen molar-refractivity contribution < 1.29 is 19.3 Å². The van der Waals surface area contributed by atoms with Crippen molar-refractivity contribution in [3.63, 3.8) is 0 Å². The van der Waals surface area contributed by atoms with Gasteiger partial charge in [-0.05, 0) is 0 Å². The summed E-state index contributed by atoms with van der Waals surface area (Å²) in [5.41, 5.74) is 7.52. The Morgan fingerprint density at radius 2 is 2.06 bits per heavy atom. The van der Waals surface area contributed by atoms with E-state index in [1.54, 1.807) is 7.11 Å². The molecule has 1 unspecified atom stereocenters. The molecular weight excluding hydrogens is 222 g/mol. The summed E-state index contributed by atoms with van der Waals surface area (Å²) in [4.78, 5) is 0. The first-order chi connectivity index (χ1) is 8.27. The second-order valence-corrected chi connectivity index (χ2v) is 3.89. The van der Waals surface area contributed by atoms with Gasteiger partial charge < -0.3 is 25.1 Å². The Kier molecular flexibility index (Phi) is 3.83. The van der Waals surface area contributed by atoms with Gasteiger partial charge in [0.15, 0.2) is 11.5 Å². The number of fused-ring (bicyclic) bond motifs is 1. The largest absolute Gasteiger partial charge is 0.486 e. The highest BCUT2D eigenvalue weighted by molar-refractivity contribution is 5.53. The average Bonchev–Trinajstić information content (AvgIpc) is 2.38. The first kappa shape index (κ1) is 12.2. The third-order valence-electron chi connectivity index (χ3n) is 2.70. The van der Waals surface area contributed by atoms with Crippen LogP contribution in [0.15, 0.2) is 12.1 Å². The molecule has 1 aliphatic rings. The van der Waals surface area contributed by atoms with E-state index in [9.17, 15) is 0 Å². The third kappa shape index (κ3) is 2.36. The second-order valence-electron chi connectivity index (χ2n) is 3.89. The maximum Gasteiger partial charge on any atom is 0.167 e. The smallest absolute Gasteiger partial charge is 0.167 e. The van der Waals surface area contributed by atoms with E-state index in [4.69, 9.17) is 25.1 Å². The molecule has 0 bridgehead atoms. The van der Waals surface area contributed by atoms with Gasteiger partial charge in [-0.1, -0.05) is 12.1 Å². The fraction of sp³-hybridized carbons (Fsp3) is 0.500. The Morgan fingerprint density at radius 3 is 2.71 bits per heavy atom. The molecule has 3 N–H and O–H groups in total. The van der Waals surface area contributed by atoms with Crippen molar-refractivity contribution in [2.24, 2.45) is 5.73 Å². The fourth-order valence-electron chi connectivity index (χ4n) is 1.87. The molecule has 1 aromatic carbocycles. The van der Waals surface area contributed by atoms with Gasteiger partial charge in [0, 0.05) is 18.2 Å². The molecule has 1 atom stereocenters. The molecule has 1 heterocycles. The average molecular weight is 239 g/mol. The van der Waals surface area contributed by atoms with E-state index in [1.807, 2.05) is 12.1 Å². The van der Waals surface area contributed by atoms with E-state index in [0.29, 0.717) is 31.3 Å². The van der Waals surface area contributed by atoms with Crippen molar-refractivity contribution in [1.82, 2.24) is 0 Å². The van der Waals surface area contributed by atoms with Crippen LogP contribution in [0.2, 0.25) is 0 Å². The number of aliphatic hydroxyl groups is 1. The molecule has 0 aliphatic carbocycles. The molecule has 0 saturated carbocycles. The van der Waals surface area contributed by atoms with Crippen LogP contribution in [0.3, 0.4) is 0 Å². The van der Waals surface area contributed by atoms with Crippen LogP contribution in [0.4, 0.5) is 0 Å². The molecule has 17 heavy (non-hydrogen) atoms. The van der Waals surface area contributed by atoms with E-state index in [-0.39, 0.29) is 6.61 Å². The second kappa shape index (κ2) is 5.35. The van der Waals surface area contributed by atoms with Crippen molar-refractivity contribution in [1.29, 1.82) is 0 Å². The van der Waals surface area contributed by atoms with Crippen LogP contribution in [0.1, 0.15) is 17.2 Å². The summed E-state index contributed by atoms with van der Waals surface area (Å²) in [7, 11) is 1.63. The Bertz CT molecular complexity index is 394. The SMILES string of the molecule is COCc1ccc(C(N)CO)c2c1OCCO2. The van der Waals surface area contributed by atoms with Gasteiger partial charge in [-0.25, -0.2) is 0 Å². The van der Waals surface area contributed by atoms with Crippen LogP contribution in [0, 0.1) is 0 Å². The molecular formula is C12H17NO4. The van der Waals surface area contributed by atoms with E-state index in [0.717, 1.165) is 11.1 Å². The maximum absolute atomic E-state index is 9.12. The zero-order valence-corrected chi connectivity index (χ0v) is 9.81. The monoisotopic (exact) mass is 239 g/mol. The van der Waals surface area contributed by atoms with E-state index < -0.39 is 6.04 Å². The molecule has 0 amide bonds. The number of rotatable bonds is 4. The number of nitrogens with two attached hydrogens (primary N) is 1. The van der Waals surface area contributed by atoms with Crippen molar-refractivity contribution in [3.05, 3.63) is 23.3 Å². The van der Waals surface area contributed by atoms with Gasteiger partial charge in [-0.3, -0.25) is 0 Å². The molecule has 0 spiro atoms. The molecule has 0 radical (unpaired) electrons. The lowest BCUT2D eigenvalue weighted by Crippen LogP contribution is -2.22. The first-order valence-electron chi connectivity index (χ1n) is 5.54. The quantitative estimate of drug-likeness (QED) is 0.804. The standard InChI is InChI=1S/C12H17NO4/c1-15-7-8-2-3-9(10(13)6-14)12-11(8)16-4-5-17-12/h2-3,10,14H,4-7,13H2,1H3. The molecule has 1 aliphatic heterocycles. The molecule has 0 aromatic heterocycles. The van der Waals surface area contributed by atoms with Gasteiger partial charge >= 0.3 is 0 Å². The number of hydrogen-bond donors (Lipinski definition) is 2. The molecule has 0 saturated heterocycles. The summed E-state index contributed by atoms with van der Waals surface area (Å²) in [6, 6.07) is 3.28. The van der Waals surface area contributed by atoms with E-state index >= 15 is 0 Å². The van der Waals surface area contributed by atoms with Gasteiger partial charge in [0.2, 0.25) is 0 Å². The maximum atomic E-state index is 9.12. The van der Waals surface area contributed by atoms with Crippen LogP contribution in [-0.2, 0) is 11.3 Å². The van der Waals surface area contributed by atoms with Gasteiger partial charge in [0.05, 0.1) is 19.3 Å². The summed E-state index contributed by atoms with van der Waals surface area (Å²) in [6.07, 6.45) is 0. The number of hydrogen-bond acceptors (Lipinski definition) is 5. The van der Waals surface area contributed by atoms with Crippen molar-refractivity contribution in [2.45, 2.75) is 12.6 Å². The molecule has 0 fully saturated rings. The van der Waals surface area contributed by atoms with Crippen LogP contribution in [-0.4, -0.2) is 32.0 Å². The predicted octanol–water partition coefficient (Wildman–Crippen LogP) is 0.596. The minimum absolute atomic E-state index is 0.126. The summed E-state index contributed by atoms with van der Waals surface area (Å²) >= 11 is 0. The predicted molar refractivity (Wildman–Crippen MR) is 62.2 cm³/mol. The summed E-state index contributed by atoms with van der Waals surface area (Å²) in [6.45, 7) is 1.34. The highest BCUT2D eigenvalue weighted by atomic mass is 16.6. The van der Waals surface area contributed by atoms with Gasteiger partial charge in [-0.2, -0.15) is 0 Å². The highest BCUT2D eigenvalue weighted by Crippen LogP contribution is 2.39. The number of benzene rings is 1. The Hall–Kier alpha value is -1.30. The zero-order valence-electron chi connectivity index (χ0n) is 9.81. The Labute approximate surface area is 100 Å². The Morgan fingerprint density at radius 1 is 1.35 bits per heavy atom. The van der Waals surface area contributed by atoms with Crippen LogP contribution < -0.4 is 15.2 Å². The summed E-state index contributed by atoms with van der Waals surface area (Å²) in [5.74, 6) is 1.31. The lowest BCUT2D eigenvalue weighted by atomic mass is 10.0. The number of methoxy groups -OCH3 is 1. The summed E-state index contributed by atoms with van der Waals surface area (Å²) < 4.78 is 16.3. The van der Waals surface area contributed by atoms with Crippen LogP contribution >= 0.6 is 0 Å². The number of ether oxygens (including phenoxy) is 3. The normalized spacial score (nSPS) is 15.7. The molecule has 94 valence electrons. The Balaban J connectivity index is 2.43. The third-order valence-corrected chi connectivity index (χ3v) is 2.70. The van der Waals surface area contributed by atoms with Crippen molar-refractivity contribution in [3.8, 4) is 11.5 Å². The van der Waals surface area contributed by atoms with E-state index in [1.165, 1.54) is 0 Å². The highest BCUT2D eigenvalue weighted by Gasteiger charge is 2.22. The lowest BCUT2D eigenvalue weighted by molar-refractivity contribution is 0.150. The van der Waals surface area contributed by atoms with Gasteiger partial charge in [-0.15, -0.1) is 0 Å². The number of aliphatic hydroxyl groups excluding tert-OH is 1. The first-order valence-corrected chi connectivity index (χ1v) is 5.54. The van der Waals surface area contributed by atoms with Crippen LogP contribution in [0.5, 0.6) is 11.5 Å². The summed E-state index contributed by atoms with van der Waals surface area (Å²) in [5, 5.41) is 9.12. The zero-order chi connectivity index (χ0) is 12.3. The van der Waals surface area contributed by atoms with Gasteiger partial charge in [0.1, 0.15) is 13.2 Å². The molecule has 2 rings (SSSR count). The molecule has 5 heteroatoms. The minimum atomic E-state index is -0.456. The lowest BCUT2D eigenvalue weighted by Gasteiger charge is -2.25. The van der Waals surface area contributed by atoms with Crippen LogP contribution in [0.25, 0.3) is 0 Å². The molecule has 1 aromatic rings. The van der Waals surface area contributed by atoms with E-state index in [2.05, 4.69) is 0 Å². The van der Waals surface area contributed by atoms with Crippen molar-refractivity contribution >= 4 is 0 Å². The topological polar surface area (TPSA) is 73.9 Å².